The van der Waals surface area contributed by atoms with E-state index in [2.05, 4.69) is 11.0 Å². The molecule has 0 saturated heterocycles. The predicted molar refractivity (Wildman–Crippen MR) is 130 cm³/mol. The molecule has 0 aliphatic rings. The van der Waals surface area contributed by atoms with Gasteiger partial charge in [0.1, 0.15) is 12.6 Å². The van der Waals surface area contributed by atoms with Crippen LogP contribution in [0.4, 0.5) is 18.0 Å². The normalized spacial score (nSPS) is 11.4. The second kappa shape index (κ2) is 13.9. The summed E-state index contributed by atoms with van der Waals surface area (Å²) in [6, 6.07) is 17.2. The monoisotopic (exact) mass is 515 g/mol. The lowest BCUT2D eigenvalue weighted by molar-refractivity contribution is -0.155. The van der Waals surface area contributed by atoms with Gasteiger partial charge >= 0.3 is 19.4 Å². The van der Waals surface area contributed by atoms with E-state index in [1.54, 1.807) is 54.6 Å². The summed E-state index contributed by atoms with van der Waals surface area (Å²) in [5.41, 5.74) is 3.91. The van der Waals surface area contributed by atoms with Gasteiger partial charge in [0.2, 0.25) is 0 Å². The molecule has 0 fully saturated rings. The predicted octanol–water partition coefficient (Wildman–Crippen LogP) is 2.66. The maximum absolute atomic E-state index is 12.5. The second-order valence-electron chi connectivity index (χ2n) is 8.04. The standard InChI is InChI=1S/C25H25BF3N3O5/c1-32(17-25(27,28)29)23(33)21(16-30)11-10-19-8-5-9-20(14-19)12-13-37-24(34)31-22(26(35)36)15-18-6-3-2-4-7-18/h2-10,14,22,35-36H,12-13,15,17H2,1H3,(H,31,34)/t11?,22-/m0/s1. The molecule has 3 N–H and O–H groups in total. The van der Waals surface area contributed by atoms with Crippen molar-refractivity contribution in [2.45, 2.75) is 25.0 Å². The van der Waals surface area contributed by atoms with Crippen molar-refractivity contribution in [3.05, 3.63) is 82.6 Å². The van der Waals surface area contributed by atoms with Crippen LogP contribution in [0.2, 0.25) is 0 Å². The molecule has 37 heavy (non-hydrogen) atoms. The second-order valence-corrected chi connectivity index (χ2v) is 8.04. The lowest BCUT2D eigenvalue weighted by Crippen LogP contribution is -2.48. The SMILES string of the molecule is CN(CC(F)(F)F)C(=O)C(=C=Cc1cccc(CCOC(=O)N[C@@H](Cc2ccccc2)B(O)O)c1)C#N. The van der Waals surface area contributed by atoms with Gasteiger partial charge in [-0.3, -0.25) is 4.79 Å². The van der Waals surface area contributed by atoms with E-state index in [4.69, 9.17) is 10.00 Å². The summed E-state index contributed by atoms with van der Waals surface area (Å²) >= 11 is 0. The first kappa shape index (κ1) is 29.2. The van der Waals surface area contributed by atoms with Crippen LogP contribution < -0.4 is 5.32 Å². The van der Waals surface area contributed by atoms with Gasteiger partial charge in [-0.1, -0.05) is 60.3 Å². The maximum atomic E-state index is 12.5. The number of ether oxygens (including phenoxy) is 1. The maximum Gasteiger partial charge on any atom is 0.475 e. The smallest absolute Gasteiger partial charge is 0.449 e. The topological polar surface area (TPSA) is 123 Å². The molecule has 0 saturated carbocycles. The van der Waals surface area contributed by atoms with Gasteiger partial charge in [0.25, 0.3) is 5.91 Å². The number of carbonyl (C=O) groups is 2. The molecular formula is C25H25BF3N3O5. The zero-order chi connectivity index (χ0) is 27.4. The number of benzene rings is 2. The fourth-order valence-corrected chi connectivity index (χ4v) is 3.22. The molecule has 2 rings (SSSR count). The Balaban J connectivity index is 1.95. The van der Waals surface area contributed by atoms with Crippen molar-refractivity contribution in [2.24, 2.45) is 0 Å². The van der Waals surface area contributed by atoms with Crippen molar-refractivity contribution >= 4 is 25.2 Å². The first-order valence-electron chi connectivity index (χ1n) is 11.1. The van der Waals surface area contributed by atoms with Gasteiger partial charge in [-0.2, -0.15) is 18.4 Å². The molecule has 0 aromatic heterocycles. The molecule has 0 aliphatic carbocycles. The quantitative estimate of drug-likeness (QED) is 0.194. The molecule has 2 aromatic carbocycles. The van der Waals surface area contributed by atoms with Crippen LogP contribution in [0.15, 0.2) is 65.9 Å². The van der Waals surface area contributed by atoms with Crippen molar-refractivity contribution in [2.75, 3.05) is 20.2 Å². The number of nitrogens with zero attached hydrogens (tertiary/aromatic N) is 2. The molecule has 0 aliphatic heterocycles. The summed E-state index contributed by atoms with van der Waals surface area (Å²) in [7, 11) is -0.848. The number of carbonyl (C=O) groups excluding carboxylic acids is 2. The van der Waals surface area contributed by atoms with Gasteiger partial charge in [0.05, 0.1) is 12.5 Å². The Labute approximate surface area is 212 Å². The molecule has 2 aromatic rings. The fraction of sp³-hybridized carbons (Fsp3) is 0.280. The fourth-order valence-electron chi connectivity index (χ4n) is 3.22. The third kappa shape index (κ3) is 10.6. The highest BCUT2D eigenvalue weighted by atomic mass is 19.4. The number of likely N-dealkylation sites (N-methyl/N-ethyl adjacent to an activating group) is 1. The van der Waals surface area contributed by atoms with Gasteiger partial charge in [0, 0.05) is 13.5 Å². The van der Waals surface area contributed by atoms with Crippen molar-refractivity contribution in [3.63, 3.8) is 0 Å². The van der Waals surface area contributed by atoms with Crippen LogP contribution in [0.5, 0.6) is 0 Å². The zero-order valence-corrected chi connectivity index (χ0v) is 19.9. The molecule has 2 amide bonds. The summed E-state index contributed by atoms with van der Waals surface area (Å²) in [6.45, 7) is -1.52. The molecule has 0 bridgehead atoms. The molecule has 0 radical (unpaired) electrons. The number of amides is 2. The van der Waals surface area contributed by atoms with Crippen LogP contribution in [0, 0.1) is 11.3 Å². The van der Waals surface area contributed by atoms with Crippen LogP contribution in [0.3, 0.4) is 0 Å². The number of nitriles is 1. The van der Waals surface area contributed by atoms with Crippen LogP contribution in [-0.4, -0.2) is 66.4 Å². The summed E-state index contributed by atoms with van der Waals surface area (Å²) in [5.74, 6) is -2.08. The Hall–Kier alpha value is -4.04. The summed E-state index contributed by atoms with van der Waals surface area (Å²) in [6.07, 6.45) is -3.64. The Bertz CT molecular complexity index is 1180. The van der Waals surface area contributed by atoms with E-state index in [1.807, 2.05) is 6.07 Å². The minimum Gasteiger partial charge on any atom is -0.449 e. The first-order valence-corrected chi connectivity index (χ1v) is 11.1. The number of rotatable bonds is 10. The molecule has 8 nitrogen and oxygen atoms in total. The molecule has 194 valence electrons. The van der Waals surface area contributed by atoms with E-state index in [0.29, 0.717) is 16.9 Å². The van der Waals surface area contributed by atoms with Gasteiger partial charge < -0.3 is 25.0 Å². The van der Waals surface area contributed by atoms with E-state index in [1.165, 1.54) is 6.08 Å². The number of hydrogen-bond acceptors (Lipinski definition) is 6. The van der Waals surface area contributed by atoms with Gasteiger partial charge in [0.15, 0.2) is 5.57 Å². The number of hydrogen-bond donors (Lipinski definition) is 3. The molecular weight excluding hydrogens is 490 g/mol. The third-order valence-corrected chi connectivity index (χ3v) is 5.01. The van der Waals surface area contributed by atoms with Gasteiger partial charge in [-0.15, -0.1) is 0 Å². The molecule has 12 heteroatoms. The van der Waals surface area contributed by atoms with Gasteiger partial charge in [-0.05, 0) is 29.2 Å². The number of halogens is 3. The third-order valence-electron chi connectivity index (χ3n) is 5.01. The highest BCUT2D eigenvalue weighted by Gasteiger charge is 2.32. The lowest BCUT2D eigenvalue weighted by Gasteiger charge is -2.17. The van der Waals surface area contributed by atoms with Crippen molar-refractivity contribution in [3.8, 4) is 6.07 Å². The molecule has 0 unspecified atom stereocenters. The Morgan fingerprint density at radius 3 is 2.46 bits per heavy atom. The Kier molecular flexibility index (Phi) is 11.0. The van der Waals surface area contributed by atoms with Crippen LogP contribution >= 0.6 is 0 Å². The zero-order valence-electron chi connectivity index (χ0n) is 19.9. The minimum atomic E-state index is -4.59. The van der Waals surface area contributed by atoms with Crippen molar-refractivity contribution in [1.29, 1.82) is 5.26 Å². The summed E-state index contributed by atoms with van der Waals surface area (Å²) in [4.78, 5) is 24.6. The van der Waals surface area contributed by atoms with E-state index < -0.39 is 43.4 Å². The Morgan fingerprint density at radius 2 is 1.84 bits per heavy atom. The highest BCUT2D eigenvalue weighted by Crippen LogP contribution is 2.16. The Morgan fingerprint density at radius 1 is 1.16 bits per heavy atom. The van der Waals surface area contributed by atoms with Crippen LogP contribution in [0.1, 0.15) is 16.7 Å². The van der Waals surface area contributed by atoms with Crippen molar-refractivity contribution in [1.82, 2.24) is 10.2 Å². The lowest BCUT2D eigenvalue weighted by atomic mass is 9.76. The molecule has 1 atom stereocenters. The average molecular weight is 515 g/mol. The van der Waals surface area contributed by atoms with E-state index in [9.17, 15) is 32.8 Å². The average Bonchev–Trinajstić information content (AvgIpc) is 2.83. The summed E-state index contributed by atoms with van der Waals surface area (Å²) in [5, 5.41) is 30.7. The summed E-state index contributed by atoms with van der Waals surface area (Å²) < 4.78 is 42.6. The van der Waals surface area contributed by atoms with Crippen LogP contribution in [-0.2, 0) is 22.4 Å². The number of alkyl halides is 3. The number of nitrogens with one attached hydrogen (secondary N) is 1. The molecule has 0 heterocycles. The number of alkyl carbamates (subject to hydrolysis) is 1. The van der Waals surface area contributed by atoms with E-state index >= 15 is 0 Å². The van der Waals surface area contributed by atoms with Crippen LogP contribution in [0.25, 0.3) is 6.08 Å². The van der Waals surface area contributed by atoms with Crippen molar-refractivity contribution < 1.29 is 37.5 Å². The molecule has 0 spiro atoms. The highest BCUT2D eigenvalue weighted by molar-refractivity contribution is 6.43. The minimum absolute atomic E-state index is 0.0292. The largest absolute Gasteiger partial charge is 0.475 e. The van der Waals surface area contributed by atoms with Gasteiger partial charge in [-0.25, -0.2) is 4.79 Å². The van der Waals surface area contributed by atoms with E-state index in [0.717, 1.165) is 18.2 Å². The first-order chi connectivity index (χ1) is 17.5. The van der Waals surface area contributed by atoms with E-state index in [-0.39, 0.29) is 13.0 Å².